The average Bonchev–Trinajstić information content (AvgIpc) is 3.07. The van der Waals surface area contributed by atoms with Crippen molar-refractivity contribution in [2.45, 2.75) is 31.6 Å². The lowest BCUT2D eigenvalue weighted by Gasteiger charge is -2.17. The number of benzene rings is 1. The van der Waals surface area contributed by atoms with Crippen LogP contribution in [0.25, 0.3) is 0 Å². The number of likely N-dealkylation sites (tertiary alicyclic amines) is 1. The quantitative estimate of drug-likeness (QED) is 0.886. The molecular formula is C15H22N2O3S. The molecule has 1 N–H and O–H groups in total. The lowest BCUT2D eigenvalue weighted by atomic mass is 10.1. The van der Waals surface area contributed by atoms with Crippen molar-refractivity contribution in [3.63, 3.8) is 0 Å². The Morgan fingerprint density at radius 2 is 2.29 bits per heavy atom. The molecule has 0 radical (unpaired) electrons. The fourth-order valence-electron chi connectivity index (χ4n) is 3.11. The van der Waals surface area contributed by atoms with Crippen LogP contribution < -0.4 is 9.46 Å². The van der Waals surface area contributed by atoms with Gasteiger partial charge in [0.1, 0.15) is 5.75 Å². The maximum absolute atomic E-state index is 12.0. The summed E-state index contributed by atoms with van der Waals surface area (Å²) in [6, 6.07) is 6.30. The summed E-state index contributed by atoms with van der Waals surface area (Å²) in [7, 11) is -3.16. The summed E-state index contributed by atoms with van der Waals surface area (Å²) in [6.07, 6.45) is 1.68. The molecule has 0 amide bonds. The fourth-order valence-corrected chi connectivity index (χ4v) is 4.57. The van der Waals surface area contributed by atoms with Crippen molar-refractivity contribution in [2.75, 3.05) is 26.2 Å². The largest absolute Gasteiger partial charge is 0.493 e. The van der Waals surface area contributed by atoms with Gasteiger partial charge in [-0.15, -0.1) is 0 Å². The number of ether oxygens (including phenoxy) is 1. The van der Waals surface area contributed by atoms with E-state index in [4.69, 9.17) is 4.74 Å². The van der Waals surface area contributed by atoms with Gasteiger partial charge in [-0.25, -0.2) is 13.1 Å². The molecule has 21 heavy (non-hydrogen) atoms. The standard InChI is InChI=1S/C15H22N2O3S/c1-2-16-21(18,19)14-5-7-17(11-14)10-12-3-4-15-13(9-12)6-8-20-15/h3-4,9,14,16H,2,5-8,10-11H2,1H3/t14-/m0/s1. The highest BCUT2D eigenvalue weighted by molar-refractivity contribution is 7.90. The van der Waals surface area contributed by atoms with Crippen molar-refractivity contribution in [1.82, 2.24) is 9.62 Å². The van der Waals surface area contributed by atoms with E-state index in [9.17, 15) is 8.42 Å². The SMILES string of the molecule is CCNS(=O)(=O)[C@H]1CCN(Cc2ccc3c(c2)CCO3)C1. The molecule has 0 aliphatic carbocycles. The monoisotopic (exact) mass is 310 g/mol. The minimum absolute atomic E-state index is 0.282. The van der Waals surface area contributed by atoms with Crippen molar-refractivity contribution in [3.05, 3.63) is 29.3 Å². The zero-order valence-corrected chi connectivity index (χ0v) is 13.2. The fraction of sp³-hybridized carbons (Fsp3) is 0.600. The number of hydrogen-bond donors (Lipinski definition) is 1. The predicted octanol–water partition coefficient (Wildman–Crippen LogP) is 1.14. The summed E-state index contributed by atoms with van der Waals surface area (Å²) < 4.78 is 32.2. The zero-order chi connectivity index (χ0) is 14.9. The topological polar surface area (TPSA) is 58.6 Å². The number of fused-ring (bicyclic) bond motifs is 1. The first-order chi connectivity index (χ1) is 10.1. The first kappa shape index (κ1) is 14.8. The van der Waals surface area contributed by atoms with Crippen molar-refractivity contribution in [1.29, 1.82) is 0 Å². The number of nitrogens with one attached hydrogen (secondary N) is 1. The Morgan fingerprint density at radius 3 is 3.10 bits per heavy atom. The van der Waals surface area contributed by atoms with Gasteiger partial charge in [-0.1, -0.05) is 19.1 Å². The highest BCUT2D eigenvalue weighted by Crippen LogP contribution is 2.27. The summed E-state index contributed by atoms with van der Waals surface area (Å²) in [6.45, 7) is 5.31. The van der Waals surface area contributed by atoms with Gasteiger partial charge >= 0.3 is 0 Å². The second-order valence-electron chi connectivity index (χ2n) is 5.73. The number of sulfonamides is 1. The van der Waals surface area contributed by atoms with E-state index in [0.29, 0.717) is 19.5 Å². The summed E-state index contributed by atoms with van der Waals surface area (Å²) in [5, 5.41) is -0.282. The molecule has 5 nitrogen and oxygen atoms in total. The Balaban J connectivity index is 1.62. The van der Waals surface area contributed by atoms with Gasteiger partial charge in [-0.3, -0.25) is 4.90 Å². The van der Waals surface area contributed by atoms with Crippen LogP contribution in [0, 0.1) is 0 Å². The Morgan fingerprint density at radius 1 is 1.43 bits per heavy atom. The zero-order valence-electron chi connectivity index (χ0n) is 12.3. The third-order valence-corrected chi connectivity index (χ3v) is 6.13. The van der Waals surface area contributed by atoms with Gasteiger partial charge in [0, 0.05) is 26.1 Å². The Bertz CT molecular complexity index is 615. The van der Waals surface area contributed by atoms with E-state index in [1.165, 1.54) is 11.1 Å². The van der Waals surface area contributed by atoms with Crippen LogP contribution in [0.1, 0.15) is 24.5 Å². The number of nitrogens with zero attached hydrogens (tertiary/aromatic N) is 1. The van der Waals surface area contributed by atoms with Crippen LogP contribution in [0.4, 0.5) is 0 Å². The average molecular weight is 310 g/mol. The van der Waals surface area contributed by atoms with Crippen molar-refractivity contribution in [2.24, 2.45) is 0 Å². The van der Waals surface area contributed by atoms with Crippen LogP contribution in [0.15, 0.2) is 18.2 Å². The Kier molecular flexibility index (Phi) is 4.19. The van der Waals surface area contributed by atoms with E-state index in [-0.39, 0.29) is 5.25 Å². The first-order valence-corrected chi connectivity index (χ1v) is 9.08. The van der Waals surface area contributed by atoms with E-state index in [1.807, 2.05) is 13.0 Å². The lowest BCUT2D eigenvalue weighted by Crippen LogP contribution is -2.36. The molecule has 0 saturated carbocycles. The Labute approximate surface area is 126 Å². The maximum Gasteiger partial charge on any atom is 0.215 e. The smallest absolute Gasteiger partial charge is 0.215 e. The van der Waals surface area contributed by atoms with E-state index in [0.717, 1.165) is 31.9 Å². The summed E-state index contributed by atoms with van der Waals surface area (Å²) in [4.78, 5) is 2.22. The lowest BCUT2D eigenvalue weighted by molar-refractivity contribution is 0.331. The first-order valence-electron chi connectivity index (χ1n) is 7.54. The van der Waals surface area contributed by atoms with Crippen molar-refractivity contribution in [3.8, 4) is 5.75 Å². The molecule has 116 valence electrons. The molecule has 0 spiro atoms. The third kappa shape index (κ3) is 3.22. The third-order valence-electron chi connectivity index (χ3n) is 4.17. The van der Waals surface area contributed by atoms with Crippen LogP contribution in [-0.2, 0) is 23.0 Å². The van der Waals surface area contributed by atoms with Crippen molar-refractivity contribution < 1.29 is 13.2 Å². The minimum Gasteiger partial charge on any atom is -0.493 e. The molecule has 1 aromatic carbocycles. The molecule has 1 aromatic rings. The predicted molar refractivity (Wildman–Crippen MR) is 81.9 cm³/mol. The molecule has 3 rings (SSSR count). The molecule has 1 fully saturated rings. The van der Waals surface area contributed by atoms with Crippen LogP contribution >= 0.6 is 0 Å². The highest BCUT2D eigenvalue weighted by Gasteiger charge is 2.32. The molecule has 1 saturated heterocycles. The van der Waals surface area contributed by atoms with Gasteiger partial charge in [0.2, 0.25) is 10.0 Å². The van der Waals surface area contributed by atoms with Gasteiger partial charge in [-0.05, 0) is 30.2 Å². The van der Waals surface area contributed by atoms with E-state index in [2.05, 4.69) is 21.8 Å². The molecule has 1 atom stereocenters. The second kappa shape index (κ2) is 5.94. The number of rotatable bonds is 5. The molecule has 0 unspecified atom stereocenters. The maximum atomic E-state index is 12.0. The van der Waals surface area contributed by atoms with Crippen LogP contribution in [0.3, 0.4) is 0 Å². The van der Waals surface area contributed by atoms with Gasteiger partial charge in [0.25, 0.3) is 0 Å². The summed E-state index contributed by atoms with van der Waals surface area (Å²) in [5.41, 5.74) is 2.50. The summed E-state index contributed by atoms with van der Waals surface area (Å²) >= 11 is 0. The molecular weight excluding hydrogens is 288 g/mol. The normalized spacial score (nSPS) is 22.2. The van der Waals surface area contributed by atoms with Crippen LogP contribution in [-0.4, -0.2) is 44.8 Å². The molecule has 0 bridgehead atoms. The van der Waals surface area contributed by atoms with Crippen LogP contribution in [0.5, 0.6) is 5.75 Å². The molecule has 2 heterocycles. The molecule has 2 aliphatic heterocycles. The number of hydrogen-bond acceptors (Lipinski definition) is 4. The minimum atomic E-state index is -3.16. The molecule has 0 aromatic heterocycles. The van der Waals surface area contributed by atoms with Crippen LogP contribution in [0.2, 0.25) is 0 Å². The van der Waals surface area contributed by atoms with E-state index >= 15 is 0 Å². The van der Waals surface area contributed by atoms with Crippen molar-refractivity contribution >= 4 is 10.0 Å². The Hall–Kier alpha value is -1.11. The van der Waals surface area contributed by atoms with E-state index in [1.54, 1.807) is 0 Å². The highest BCUT2D eigenvalue weighted by atomic mass is 32.2. The molecule has 6 heteroatoms. The van der Waals surface area contributed by atoms with Gasteiger partial charge in [-0.2, -0.15) is 0 Å². The van der Waals surface area contributed by atoms with E-state index < -0.39 is 10.0 Å². The van der Waals surface area contributed by atoms with Gasteiger partial charge in [0.15, 0.2) is 0 Å². The molecule has 2 aliphatic rings. The van der Waals surface area contributed by atoms with Gasteiger partial charge < -0.3 is 4.74 Å². The second-order valence-corrected chi connectivity index (χ2v) is 7.77. The van der Waals surface area contributed by atoms with Gasteiger partial charge in [0.05, 0.1) is 11.9 Å². The summed E-state index contributed by atoms with van der Waals surface area (Å²) in [5.74, 6) is 0.993.